The normalized spacial score (nSPS) is 14.2. The van der Waals surface area contributed by atoms with E-state index in [4.69, 9.17) is 21.1 Å². The zero-order valence-electron chi connectivity index (χ0n) is 19.1. The van der Waals surface area contributed by atoms with Gasteiger partial charge in [0.2, 0.25) is 5.91 Å². The number of hydrogen-bond donors (Lipinski definition) is 4. The number of benzene rings is 2. The summed E-state index contributed by atoms with van der Waals surface area (Å²) in [6, 6.07) is 12.1. The largest absolute Gasteiger partial charge is 0.495 e. The van der Waals surface area contributed by atoms with Gasteiger partial charge < -0.3 is 30.4 Å². The maximum atomic E-state index is 12.8. The highest BCUT2D eigenvalue weighted by Crippen LogP contribution is 2.31. The minimum Gasteiger partial charge on any atom is -0.495 e. The number of ether oxygens (including phenoxy) is 2. The molecule has 1 fully saturated rings. The number of fused-ring (bicyclic) bond motifs is 1. The quantitative estimate of drug-likeness (QED) is 0.321. The van der Waals surface area contributed by atoms with Gasteiger partial charge in [-0.1, -0.05) is 12.1 Å². The molecule has 2 heterocycles. The summed E-state index contributed by atoms with van der Waals surface area (Å²) < 4.78 is 10.8. The van der Waals surface area contributed by atoms with E-state index in [9.17, 15) is 9.59 Å². The van der Waals surface area contributed by atoms with E-state index in [0.717, 1.165) is 5.82 Å². The SMILES string of the molecule is COc1ccc(NC(C)=O)cc1N(N)/C=C(\N)c1cccc2c(=O)cc(N3CCOCC3)[nH]c12. The van der Waals surface area contributed by atoms with Gasteiger partial charge in [-0.3, -0.25) is 14.6 Å². The second-order valence-electron chi connectivity index (χ2n) is 7.91. The maximum Gasteiger partial charge on any atom is 0.221 e. The van der Waals surface area contributed by atoms with Gasteiger partial charge in [-0.15, -0.1) is 0 Å². The molecule has 0 atom stereocenters. The molecule has 1 aliphatic heterocycles. The van der Waals surface area contributed by atoms with Gasteiger partial charge in [0.05, 0.1) is 31.5 Å². The Labute approximate surface area is 196 Å². The minimum absolute atomic E-state index is 0.0980. The molecule has 1 aliphatic rings. The number of methoxy groups -OCH3 is 1. The van der Waals surface area contributed by atoms with E-state index in [1.165, 1.54) is 19.0 Å². The third-order valence-electron chi connectivity index (χ3n) is 5.57. The minimum atomic E-state index is -0.203. The summed E-state index contributed by atoms with van der Waals surface area (Å²) in [6.07, 6.45) is 1.55. The van der Waals surface area contributed by atoms with Gasteiger partial charge in [-0.25, -0.2) is 5.84 Å². The fourth-order valence-electron chi connectivity index (χ4n) is 3.94. The van der Waals surface area contributed by atoms with Crippen molar-refractivity contribution in [3.63, 3.8) is 0 Å². The second-order valence-corrected chi connectivity index (χ2v) is 7.91. The first kappa shape index (κ1) is 23.1. The lowest BCUT2D eigenvalue weighted by Crippen LogP contribution is -2.37. The summed E-state index contributed by atoms with van der Waals surface area (Å²) in [5, 5.41) is 4.57. The molecule has 10 heteroatoms. The number of amides is 1. The fourth-order valence-corrected chi connectivity index (χ4v) is 3.94. The monoisotopic (exact) mass is 464 g/mol. The van der Waals surface area contributed by atoms with Crippen LogP contribution in [-0.4, -0.2) is 44.3 Å². The third kappa shape index (κ3) is 4.82. The van der Waals surface area contributed by atoms with Crippen molar-refractivity contribution in [2.45, 2.75) is 6.92 Å². The number of morpholine rings is 1. The van der Waals surface area contributed by atoms with Gasteiger partial charge in [0.1, 0.15) is 17.3 Å². The third-order valence-corrected chi connectivity index (χ3v) is 5.57. The number of carbonyl (C=O) groups is 1. The van der Waals surface area contributed by atoms with Crippen LogP contribution in [0.25, 0.3) is 16.6 Å². The maximum absolute atomic E-state index is 12.8. The number of hydrogen-bond acceptors (Lipinski definition) is 8. The van der Waals surface area contributed by atoms with Crippen molar-refractivity contribution in [1.82, 2.24) is 4.98 Å². The van der Waals surface area contributed by atoms with Crippen LogP contribution < -0.4 is 37.0 Å². The van der Waals surface area contributed by atoms with E-state index in [0.29, 0.717) is 65.6 Å². The Kier molecular flexibility index (Phi) is 6.71. The highest BCUT2D eigenvalue weighted by Gasteiger charge is 2.16. The van der Waals surface area contributed by atoms with Gasteiger partial charge >= 0.3 is 0 Å². The van der Waals surface area contributed by atoms with Crippen LogP contribution in [-0.2, 0) is 9.53 Å². The van der Waals surface area contributed by atoms with E-state index >= 15 is 0 Å². The van der Waals surface area contributed by atoms with Crippen molar-refractivity contribution < 1.29 is 14.3 Å². The highest BCUT2D eigenvalue weighted by molar-refractivity contribution is 5.92. The van der Waals surface area contributed by atoms with Crippen LogP contribution in [0.1, 0.15) is 12.5 Å². The number of rotatable bonds is 6. The smallest absolute Gasteiger partial charge is 0.221 e. The number of nitrogens with zero attached hydrogens (tertiary/aromatic N) is 2. The predicted molar refractivity (Wildman–Crippen MR) is 134 cm³/mol. The Morgan fingerprint density at radius 3 is 2.71 bits per heavy atom. The van der Waals surface area contributed by atoms with Gasteiger partial charge in [-0.2, -0.15) is 0 Å². The van der Waals surface area contributed by atoms with Crippen LogP contribution in [0.5, 0.6) is 5.75 Å². The van der Waals surface area contributed by atoms with Gasteiger partial charge in [0.25, 0.3) is 0 Å². The second kappa shape index (κ2) is 9.86. The molecule has 0 aliphatic carbocycles. The molecule has 0 saturated carbocycles. The summed E-state index contributed by atoms with van der Waals surface area (Å²) in [7, 11) is 1.53. The van der Waals surface area contributed by atoms with E-state index in [-0.39, 0.29) is 11.3 Å². The fraction of sp³-hybridized carbons (Fsp3) is 0.250. The van der Waals surface area contributed by atoms with E-state index in [1.54, 1.807) is 42.6 Å². The number of para-hydroxylation sites is 1. The molecule has 0 unspecified atom stereocenters. The lowest BCUT2D eigenvalue weighted by molar-refractivity contribution is -0.114. The van der Waals surface area contributed by atoms with Crippen molar-refractivity contribution in [3.05, 3.63) is 64.5 Å². The van der Waals surface area contributed by atoms with Crippen LogP contribution in [0.4, 0.5) is 17.2 Å². The summed E-state index contributed by atoms with van der Waals surface area (Å²) in [5.41, 5.74) is 9.03. The van der Waals surface area contributed by atoms with Crippen molar-refractivity contribution in [1.29, 1.82) is 0 Å². The van der Waals surface area contributed by atoms with E-state index in [2.05, 4.69) is 15.2 Å². The zero-order chi connectivity index (χ0) is 24.2. The Morgan fingerprint density at radius 2 is 2.00 bits per heavy atom. The molecule has 1 saturated heterocycles. The number of carbonyl (C=O) groups excluding carboxylic acids is 1. The van der Waals surface area contributed by atoms with Crippen LogP contribution in [0.3, 0.4) is 0 Å². The first-order valence-electron chi connectivity index (χ1n) is 10.8. The van der Waals surface area contributed by atoms with Crippen molar-refractivity contribution in [2.24, 2.45) is 11.6 Å². The van der Waals surface area contributed by atoms with Crippen LogP contribution in [0, 0.1) is 0 Å². The Bertz CT molecular complexity index is 1300. The molecular formula is C24H28N6O4. The van der Waals surface area contributed by atoms with Crippen molar-refractivity contribution in [2.75, 3.05) is 48.6 Å². The van der Waals surface area contributed by atoms with Crippen molar-refractivity contribution in [3.8, 4) is 5.75 Å². The number of H-pyrrole nitrogens is 1. The molecule has 0 spiro atoms. The Morgan fingerprint density at radius 1 is 1.24 bits per heavy atom. The molecule has 0 radical (unpaired) electrons. The summed E-state index contributed by atoms with van der Waals surface area (Å²) in [4.78, 5) is 29.7. The number of nitrogens with one attached hydrogen (secondary N) is 2. The molecule has 34 heavy (non-hydrogen) atoms. The van der Waals surface area contributed by atoms with Gasteiger partial charge in [0, 0.05) is 48.9 Å². The topological polar surface area (TPSA) is 139 Å². The number of aromatic nitrogens is 1. The Hall–Kier alpha value is -4.02. The van der Waals surface area contributed by atoms with Gasteiger partial charge in [0.15, 0.2) is 5.43 Å². The first-order chi connectivity index (χ1) is 16.4. The summed E-state index contributed by atoms with van der Waals surface area (Å²) >= 11 is 0. The van der Waals surface area contributed by atoms with Crippen LogP contribution in [0.15, 0.2) is 53.5 Å². The molecule has 178 valence electrons. The first-order valence-corrected chi connectivity index (χ1v) is 10.8. The molecular weight excluding hydrogens is 436 g/mol. The zero-order valence-corrected chi connectivity index (χ0v) is 19.1. The van der Waals surface area contributed by atoms with Crippen LogP contribution in [0.2, 0.25) is 0 Å². The number of hydrazine groups is 1. The predicted octanol–water partition coefficient (Wildman–Crippen LogP) is 1.97. The lowest BCUT2D eigenvalue weighted by Gasteiger charge is -2.28. The highest BCUT2D eigenvalue weighted by atomic mass is 16.5. The number of pyridine rings is 1. The number of anilines is 3. The molecule has 1 amide bonds. The molecule has 2 aromatic carbocycles. The molecule has 0 bridgehead atoms. The molecule has 3 aromatic rings. The Balaban J connectivity index is 1.74. The van der Waals surface area contributed by atoms with Crippen LogP contribution >= 0.6 is 0 Å². The summed E-state index contributed by atoms with van der Waals surface area (Å²) in [6.45, 7) is 4.01. The molecule has 4 rings (SSSR count). The number of aromatic amines is 1. The molecule has 10 nitrogen and oxygen atoms in total. The van der Waals surface area contributed by atoms with E-state index < -0.39 is 0 Å². The van der Waals surface area contributed by atoms with Gasteiger partial charge in [-0.05, 0) is 24.3 Å². The molecule has 6 N–H and O–H groups in total. The standard InChI is InChI=1S/C24H28N6O4/c1-15(31)27-16-6-7-22(33-2)20(12-16)30(26)14-19(25)17-4-3-5-18-21(32)13-23(28-24(17)18)29-8-10-34-11-9-29/h3-7,12-14H,8-11,25-26H2,1-2H3,(H,27,31)(H,28,32)/b19-14-. The molecule has 1 aromatic heterocycles. The van der Waals surface area contributed by atoms with Crippen molar-refractivity contribution >= 4 is 39.7 Å². The average molecular weight is 465 g/mol. The number of nitrogens with two attached hydrogens (primary N) is 2. The van der Waals surface area contributed by atoms with E-state index in [1.807, 2.05) is 6.07 Å². The lowest BCUT2D eigenvalue weighted by atomic mass is 10.1. The summed E-state index contributed by atoms with van der Waals surface area (Å²) in [5.74, 6) is 7.34. The average Bonchev–Trinajstić information content (AvgIpc) is 2.83.